The molecule has 0 atom stereocenters. The van der Waals surface area contributed by atoms with Crippen LogP contribution in [0.25, 0.3) is 0 Å². The maximum absolute atomic E-state index is 11.6. The number of nitrogens with one attached hydrogen (secondary N) is 2. The summed E-state index contributed by atoms with van der Waals surface area (Å²) in [5.74, 6) is 1.18. The lowest BCUT2D eigenvalue weighted by Gasteiger charge is -2.01. The summed E-state index contributed by atoms with van der Waals surface area (Å²) in [5, 5.41) is 9.02. The molecule has 0 aromatic carbocycles. The van der Waals surface area contributed by atoms with Gasteiger partial charge in [0.2, 0.25) is 0 Å². The number of aromatic amines is 1. The molecule has 0 fully saturated rings. The summed E-state index contributed by atoms with van der Waals surface area (Å²) in [6, 6.07) is 3.37. The molecule has 1 amide bonds. The van der Waals surface area contributed by atoms with E-state index < -0.39 is 0 Å². The molecule has 16 heavy (non-hydrogen) atoms. The Kier molecular flexibility index (Phi) is 2.63. The van der Waals surface area contributed by atoms with E-state index in [9.17, 15) is 4.79 Å². The molecule has 84 valence electrons. The summed E-state index contributed by atoms with van der Waals surface area (Å²) >= 11 is 0. The molecule has 0 aliphatic rings. The summed E-state index contributed by atoms with van der Waals surface area (Å²) in [6.07, 6.45) is 1.57. The molecular formula is C10H12N4O2. The van der Waals surface area contributed by atoms with Gasteiger partial charge in [0.25, 0.3) is 5.91 Å². The molecule has 0 saturated heterocycles. The van der Waals surface area contributed by atoms with E-state index in [0.29, 0.717) is 23.9 Å². The van der Waals surface area contributed by atoms with Crippen molar-refractivity contribution in [2.45, 2.75) is 13.5 Å². The Morgan fingerprint density at radius 2 is 2.44 bits per heavy atom. The van der Waals surface area contributed by atoms with Gasteiger partial charge in [0.15, 0.2) is 5.76 Å². The van der Waals surface area contributed by atoms with E-state index >= 15 is 0 Å². The molecule has 0 saturated carbocycles. The zero-order valence-corrected chi connectivity index (χ0v) is 8.78. The molecule has 6 nitrogen and oxygen atoms in total. The van der Waals surface area contributed by atoms with E-state index in [2.05, 4.69) is 15.5 Å². The van der Waals surface area contributed by atoms with Gasteiger partial charge in [-0.1, -0.05) is 0 Å². The highest BCUT2D eigenvalue weighted by Gasteiger charge is 2.10. The number of aryl methyl sites for hydroxylation is 1. The average molecular weight is 220 g/mol. The van der Waals surface area contributed by atoms with Crippen LogP contribution in [0.4, 0.5) is 5.82 Å². The molecule has 0 aliphatic heterocycles. The first-order valence-corrected chi connectivity index (χ1v) is 4.79. The van der Waals surface area contributed by atoms with Crippen LogP contribution >= 0.6 is 0 Å². The number of furan rings is 1. The second-order valence-corrected chi connectivity index (χ2v) is 3.40. The van der Waals surface area contributed by atoms with Gasteiger partial charge in [-0.2, -0.15) is 5.10 Å². The third-order valence-electron chi connectivity index (χ3n) is 2.15. The zero-order valence-electron chi connectivity index (χ0n) is 8.78. The van der Waals surface area contributed by atoms with Gasteiger partial charge >= 0.3 is 0 Å². The van der Waals surface area contributed by atoms with E-state index in [1.54, 1.807) is 25.3 Å². The van der Waals surface area contributed by atoms with Crippen LogP contribution in [0.2, 0.25) is 0 Å². The first kappa shape index (κ1) is 10.3. The van der Waals surface area contributed by atoms with Gasteiger partial charge in [-0.15, -0.1) is 0 Å². The van der Waals surface area contributed by atoms with Crippen LogP contribution in [-0.4, -0.2) is 16.1 Å². The summed E-state index contributed by atoms with van der Waals surface area (Å²) in [4.78, 5) is 11.6. The second-order valence-electron chi connectivity index (χ2n) is 3.40. The Bertz CT molecular complexity index is 500. The molecule has 2 aromatic heterocycles. The number of carbonyl (C=O) groups excluding carboxylic acids is 1. The van der Waals surface area contributed by atoms with Gasteiger partial charge in [0.1, 0.15) is 11.6 Å². The number of nitrogens with zero attached hydrogens (tertiary/aromatic N) is 1. The van der Waals surface area contributed by atoms with Gasteiger partial charge in [-0.05, 0) is 19.1 Å². The maximum atomic E-state index is 11.6. The topological polar surface area (TPSA) is 96.9 Å². The van der Waals surface area contributed by atoms with Crippen molar-refractivity contribution in [3.05, 3.63) is 35.4 Å². The number of H-pyrrole nitrogens is 1. The van der Waals surface area contributed by atoms with Crippen molar-refractivity contribution >= 4 is 11.7 Å². The van der Waals surface area contributed by atoms with Crippen molar-refractivity contribution in [2.75, 3.05) is 5.73 Å². The third kappa shape index (κ3) is 2.05. The molecule has 0 spiro atoms. The van der Waals surface area contributed by atoms with Crippen LogP contribution in [0.1, 0.15) is 21.9 Å². The highest BCUT2D eigenvalue weighted by atomic mass is 16.3. The van der Waals surface area contributed by atoms with Crippen LogP contribution in [0.3, 0.4) is 0 Å². The van der Waals surface area contributed by atoms with Crippen LogP contribution in [0, 0.1) is 6.92 Å². The monoisotopic (exact) mass is 220 g/mol. The van der Waals surface area contributed by atoms with Crippen molar-refractivity contribution < 1.29 is 9.21 Å². The molecule has 6 heteroatoms. The van der Waals surface area contributed by atoms with Crippen molar-refractivity contribution in [1.82, 2.24) is 15.5 Å². The highest BCUT2D eigenvalue weighted by Crippen LogP contribution is 2.08. The Hall–Kier alpha value is -2.24. The number of carbonyl (C=O) groups is 1. The number of nitrogen functional groups attached to an aromatic ring is 1. The fourth-order valence-electron chi connectivity index (χ4n) is 1.28. The summed E-state index contributed by atoms with van der Waals surface area (Å²) in [7, 11) is 0. The number of hydrogen-bond donors (Lipinski definition) is 3. The number of amides is 1. The van der Waals surface area contributed by atoms with E-state index in [1.165, 1.54) is 0 Å². The molecule has 4 N–H and O–H groups in total. The number of rotatable bonds is 3. The van der Waals surface area contributed by atoms with Crippen molar-refractivity contribution in [3.8, 4) is 0 Å². The third-order valence-corrected chi connectivity index (χ3v) is 2.15. The Labute approximate surface area is 91.8 Å². The molecule has 0 aliphatic carbocycles. The summed E-state index contributed by atoms with van der Waals surface area (Å²) < 4.78 is 5.18. The minimum absolute atomic E-state index is 0.270. The highest BCUT2D eigenvalue weighted by molar-refractivity contribution is 5.91. The first-order chi connectivity index (χ1) is 7.66. The van der Waals surface area contributed by atoms with E-state index in [0.717, 1.165) is 5.56 Å². The van der Waals surface area contributed by atoms with Gasteiger partial charge in [-0.25, -0.2) is 0 Å². The minimum atomic E-state index is -0.270. The van der Waals surface area contributed by atoms with Crippen LogP contribution in [0.15, 0.2) is 22.7 Å². The molecule has 2 heterocycles. The second kappa shape index (κ2) is 4.09. The fraction of sp³-hybridized carbons (Fsp3) is 0.200. The van der Waals surface area contributed by atoms with Gasteiger partial charge in [0, 0.05) is 12.1 Å². The Morgan fingerprint density at radius 1 is 1.62 bits per heavy atom. The zero-order chi connectivity index (χ0) is 11.5. The number of aromatic nitrogens is 2. The SMILES string of the molecule is Cc1ccc(C(=O)NCc2cn[nH]c2N)o1. The van der Waals surface area contributed by atoms with Crippen LogP contribution in [0.5, 0.6) is 0 Å². The quantitative estimate of drug-likeness (QED) is 0.713. The Morgan fingerprint density at radius 3 is 3.00 bits per heavy atom. The molecule has 0 radical (unpaired) electrons. The minimum Gasteiger partial charge on any atom is -0.456 e. The first-order valence-electron chi connectivity index (χ1n) is 4.79. The van der Waals surface area contributed by atoms with Gasteiger partial charge in [0.05, 0.1) is 6.20 Å². The normalized spacial score (nSPS) is 10.3. The van der Waals surface area contributed by atoms with Crippen LogP contribution < -0.4 is 11.1 Å². The molecular weight excluding hydrogens is 208 g/mol. The molecule has 0 unspecified atom stereocenters. The van der Waals surface area contributed by atoms with E-state index in [1.807, 2.05) is 0 Å². The predicted octanol–water partition coefficient (Wildman–Crippen LogP) is 0.823. The smallest absolute Gasteiger partial charge is 0.287 e. The van der Waals surface area contributed by atoms with E-state index in [-0.39, 0.29) is 5.91 Å². The largest absolute Gasteiger partial charge is 0.456 e. The summed E-state index contributed by atoms with van der Waals surface area (Å²) in [6.45, 7) is 2.10. The molecule has 0 bridgehead atoms. The lowest BCUT2D eigenvalue weighted by atomic mass is 10.3. The van der Waals surface area contributed by atoms with Crippen molar-refractivity contribution in [3.63, 3.8) is 0 Å². The molecule has 2 rings (SSSR count). The average Bonchev–Trinajstić information content (AvgIpc) is 2.84. The lowest BCUT2D eigenvalue weighted by Crippen LogP contribution is -2.22. The Balaban J connectivity index is 1.96. The van der Waals surface area contributed by atoms with Crippen molar-refractivity contribution in [2.24, 2.45) is 0 Å². The number of nitrogens with two attached hydrogens (primary N) is 1. The number of anilines is 1. The van der Waals surface area contributed by atoms with Crippen LogP contribution in [-0.2, 0) is 6.54 Å². The molecule has 2 aromatic rings. The fourth-order valence-corrected chi connectivity index (χ4v) is 1.28. The number of hydrogen-bond acceptors (Lipinski definition) is 4. The van der Waals surface area contributed by atoms with Gasteiger partial charge < -0.3 is 15.5 Å². The lowest BCUT2D eigenvalue weighted by molar-refractivity contribution is 0.0922. The maximum Gasteiger partial charge on any atom is 0.287 e. The standard InChI is InChI=1S/C10H12N4O2/c1-6-2-3-8(16-6)10(15)12-4-7-5-13-14-9(7)11/h2-3,5H,4H2,1H3,(H,12,15)(H3,11,13,14). The van der Waals surface area contributed by atoms with Gasteiger partial charge in [-0.3, -0.25) is 9.89 Å². The van der Waals surface area contributed by atoms with E-state index in [4.69, 9.17) is 10.2 Å². The predicted molar refractivity (Wildman–Crippen MR) is 57.6 cm³/mol. The summed E-state index contributed by atoms with van der Waals surface area (Å²) in [5.41, 5.74) is 6.32. The van der Waals surface area contributed by atoms with Crippen molar-refractivity contribution in [1.29, 1.82) is 0 Å².